The number of nitrogens with zero attached hydrogens (tertiary/aromatic N) is 1. The highest BCUT2D eigenvalue weighted by Crippen LogP contribution is 2.43. The van der Waals surface area contributed by atoms with Crippen molar-refractivity contribution in [2.45, 2.75) is 18.9 Å². The summed E-state index contributed by atoms with van der Waals surface area (Å²) in [6, 6.07) is 13.2. The topological polar surface area (TPSA) is 59.5 Å². The molecular formula is C21H23FN2O2. The zero-order valence-electron chi connectivity index (χ0n) is 14.6. The zero-order chi connectivity index (χ0) is 18.1. The molecule has 3 aromatic rings. The molecular weight excluding hydrogens is 331 g/mol. The Bertz CT molecular complexity index is 916. The van der Waals surface area contributed by atoms with Gasteiger partial charge in [0.2, 0.25) is 0 Å². The van der Waals surface area contributed by atoms with Crippen molar-refractivity contribution < 1.29 is 14.6 Å². The fourth-order valence-corrected chi connectivity index (χ4v) is 4.26. The van der Waals surface area contributed by atoms with Crippen LogP contribution < -0.4 is 0 Å². The Hall–Kier alpha value is -2.21. The number of aromatic nitrogens is 1. The lowest BCUT2D eigenvalue weighted by Gasteiger charge is -2.34. The number of H-pyrrole nitrogens is 1. The molecule has 0 bridgehead atoms. The summed E-state index contributed by atoms with van der Waals surface area (Å²) in [5.74, 6) is -0.221. The minimum atomic E-state index is -0.221. The van der Waals surface area contributed by atoms with Gasteiger partial charge in [0, 0.05) is 35.6 Å². The first kappa shape index (κ1) is 17.2. The van der Waals surface area contributed by atoms with Crippen LogP contribution in [-0.2, 0) is 6.42 Å². The SMILES string of the molecule is OCCN(CCO)C1CCc2c(-c3ccccc3F)[nH]c3cccc1c23. The van der Waals surface area contributed by atoms with Crippen LogP contribution in [0.15, 0.2) is 42.5 Å². The Morgan fingerprint density at radius 2 is 1.81 bits per heavy atom. The first-order chi connectivity index (χ1) is 12.7. The van der Waals surface area contributed by atoms with E-state index in [1.807, 2.05) is 24.3 Å². The molecule has 0 aliphatic heterocycles. The molecule has 2 aromatic carbocycles. The van der Waals surface area contributed by atoms with Gasteiger partial charge in [-0.2, -0.15) is 0 Å². The molecule has 0 saturated carbocycles. The molecule has 136 valence electrons. The van der Waals surface area contributed by atoms with Gasteiger partial charge in [-0.15, -0.1) is 0 Å². The van der Waals surface area contributed by atoms with Crippen LogP contribution in [0.25, 0.3) is 22.2 Å². The van der Waals surface area contributed by atoms with Gasteiger partial charge in [-0.05, 0) is 42.2 Å². The average molecular weight is 354 g/mol. The van der Waals surface area contributed by atoms with Gasteiger partial charge in [0.25, 0.3) is 0 Å². The second-order valence-electron chi connectivity index (χ2n) is 6.77. The van der Waals surface area contributed by atoms with Crippen molar-refractivity contribution in [2.75, 3.05) is 26.3 Å². The largest absolute Gasteiger partial charge is 0.395 e. The molecule has 1 aromatic heterocycles. The average Bonchev–Trinajstić information content (AvgIpc) is 3.03. The van der Waals surface area contributed by atoms with Crippen LogP contribution in [0.4, 0.5) is 4.39 Å². The van der Waals surface area contributed by atoms with Crippen LogP contribution in [0.1, 0.15) is 23.6 Å². The quantitative estimate of drug-likeness (QED) is 0.637. The fraction of sp³-hybridized carbons (Fsp3) is 0.333. The molecule has 3 N–H and O–H groups in total. The van der Waals surface area contributed by atoms with E-state index in [2.05, 4.69) is 16.0 Å². The van der Waals surface area contributed by atoms with Crippen molar-refractivity contribution in [2.24, 2.45) is 0 Å². The Morgan fingerprint density at radius 3 is 2.54 bits per heavy atom. The van der Waals surface area contributed by atoms with Gasteiger partial charge in [-0.25, -0.2) is 4.39 Å². The van der Waals surface area contributed by atoms with Crippen LogP contribution in [0.5, 0.6) is 0 Å². The van der Waals surface area contributed by atoms with E-state index < -0.39 is 0 Å². The van der Waals surface area contributed by atoms with Crippen molar-refractivity contribution in [1.82, 2.24) is 9.88 Å². The lowest BCUT2D eigenvalue weighted by molar-refractivity contribution is 0.116. The van der Waals surface area contributed by atoms with Gasteiger partial charge in [0.15, 0.2) is 0 Å². The summed E-state index contributed by atoms with van der Waals surface area (Å²) in [5.41, 5.74) is 4.81. The maximum absolute atomic E-state index is 14.4. The van der Waals surface area contributed by atoms with Gasteiger partial charge < -0.3 is 15.2 Å². The van der Waals surface area contributed by atoms with E-state index in [1.165, 1.54) is 11.6 Å². The normalized spacial score (nSPS) is 16.5. The van der Waals surface area contributed by atoms with Crippen molar-refractivity contribution in [3.8, 4) is 11.3 Å². The molecule has 1 aliphatic rings. The van der Waals surface area contributed by atoms with Crippen LogP contribution >= 0.6 is 0 Å². The summed E-state index contributed by atoms with van der Waals surface area (Å²) in [5, 5.41) is 19.9. The van der Waals surface area contributed by atoms with E-state index in [-0.39, 0.29) is 25.1 Å². The van der Waals surface area contributed by atoms with Crippen molar-refractivity contribution in [3.63, 3.8) is 0 Å². The summed E-state index contributed by atoms with van der Waals surface area (Å²) in [4.78, 5) is 5.55. The summed E-state index contributed by atoms with van der Waals surface area (Å²) in [6.07, 6.45) is 1.71. The van der Waals surface area contributed by atoms with Gasteiger partial charge in [0.05, 0.1) is 18.9 Å². The Kier molecular flexibility index (Phi) is 4.76. The molecule has 0 saturated heterocycles. The molecule has 0 radical (unpaired) electrons. The number of nitrogens with one attached hydrogen (secondary N) is 1. The number of benzene rings is 2. The van der Waals surface area contributed by atoms with Gasteiger partial charge in [-0.3, -0.25) is 4.90 Å². The smallest absolute Gasteiger partial charge is 0.132 e. The number of hydrogen-bond acceptors (Lipinski definition) is 3. The predicted octanol–water partition coefficient (Wildman–Crippen LogP) is 3.25. The number of rotatable bonds is 6. The molecule has 1 heterocycles. The van der Waals surface area contributed by atoms with Crippen LogP contribution in [-0.4, -0.2) is 46.4 Å². The standard InChI is InChI=1S/C21H23FN2O2/c22-17-6-2-1-4-14(17)21-16-8-9-19(24(10-12-25)11-13-26)15-5-3-7-18(23-21)20(15)16/h1-7,19,23,25-26H,8-13H2. The molecule has 0 amide bonds. The second-order valence-corrected chi connectivity index (χ2v) is 6.77. The molecule has 5 heteroatoms. The van der Waals surface area contributed by atoms with Gasteiger partial charge in [0.1, 0.15) is 5.82 Å². The van der Waals surface area contributed by atoms with E-state index >= 15 is 0 Å². The van der Waals surface area contributed by atoms with Gasteiger partial charge in [-0.1, -0.05) is 24.3 Å². The van der Waals surface area contributed by atoms with E-state index in [1.54, 1.807) is 6.07 Å². The third kappa shape index (κ3) is 2.82. The van der Waals surface area contributed by atoms with Crippen molar-refractivity contribution in [1.29, 1.82) is 0 Å². The van der Waals surface area contributed by atoms with Crippen LogP contribution in [0, 0.1) is 5.82 Å². The van der Waals surface area contributed by atoms with E-state index in [0.717, 1.165) is 35.0 Å². The monoisotopic (exact) mass is 354 g/mol. The molecule has 4 nitrogen and oxygen atoms in total. The highest BCUT2D eigenvalue weighted by molar-refractivity contribution is 5.94. The number of hydrogen-bond donors (Lipinski definition) is 3. The molecule has 1 unspecified atom stereocenters. The Morgan fingerprint density at radius 1 is 1.04 bits per heavy atom. The number of aryl methyl sites for hydroxylation is 1. The second kappa shape index (κ2) is 7.19. The molecule has 4 rings (SSSR count). The fourth-order valence-electron chi connectivity index (χ4n) is 4.26. The first-order valence-corrected chi connectivity index (χ1v) is 9.08. The third-order valence-electron chi connectivity index (χ3n) is 5.35. The number of aliphatic hydroxyl groups is 2. The molecule has 26 heavy (non-hydrogen) atoms. The maximum atomic E-state index is 14.4. The summed E-state index contributed by atoms with van der Waals surface area (Å²) in [7, 11) is 0. The van der Waals surface area contributed by atoms with E-state index in [4.69, 9.17) is 0 Å². The third-order valence-corrected chi connectivity index (χ3v) is 5.35. The lowest BCUT2D eigenvalue weighted by Crippen LogP contribution is -2.35. The van der Waals surface area contributed by atoms with Crippen LogP contribution in [0.2, 0.25) is 0 Å². The molecule has 0 spiro atoms. The highest BCUT2D eigenvalue weighted by atomic mass is 19.1. The minimum absolute atomic E-state index is 0.0624. The maximum Gasteiger partial charge on any atom is 0.132 e. The molecule has 1 atom stereocenters. The van der Waals surface area contributed by atoms with Gasteiger partial charge >= 0.3 is 0 Å². The van der Waals surface area contributed by atoms with Crippen molar-refractivity contribution >= 4 is 10.9 Å². The van der Waals surface area contributed by atoms with Crippen molar-refractivity contribution in [3.05, 3.63) is 59.4 Å². The minimum Gasteiger partial charge on any atom is -0.395 e. The number of aromatic amines is 1. The number of halogens is 1. The summed E-state index contributed by atoms with van der Waals surface area (Å²) < 4.78 is 14.4. The van der Waals surface area contributed by atoms with E-state index in [9.17, 15) is 14.6 Å². The predicted molar refractivity (Wildman–Crippen MR) is 100 cm³/mol. The lowest BCUT2D eigenvalue weighted by atomic mass is 9.86. The van der Waals surface area contributed by atoms with E-state index in [0.29, 0.717) is 18.7 Å². The zero-order valence-corrected chi connectivity index (χ0v) is 14.6. The molecule has 0 fully saturated rings. The summed E-state index contributed by atoms with van der Waals surface area (Å²) in [6.45, 7) is 1.18. The van der Waals surface area contributed by atoms with Crippen LogP contribution in [0.3, 0.4) is 0 Å². The first-order valence-electron chi connectivity index (χ1n) is 9.08. The Labute approximate surface area is 151 Å². The number of aliphatic hydroxyl groups excluding tert-OH is 2. The highest BCUT2D eigenvalue weighted by Gasteiger charge is 2.29. The molecule has 1 aliphatic carbocycles. The Balaban J connectivity index is 1.85. The summed E-state index contributed by atoms with van der Waals surface area (Å²) >= 11 is 0.